The molecule has 1 saturated heterocycles. The van der Waals surface area contributed by atoms with Crippen LogP contribution in [0.25, 0.3) is 11.2 Å². The first kappa shape index (κ1) is 60.5. The number of nitrogens with one attached hydrogen (secondary N) is 2. The number of imidazole rings is 1. The molecule has 0 radical (unpaired) electrons. The number of ketones is 1. The number of aromatic nitrogens is 4. The number of phosphoric acid groups is 3. The zero-order valence-electron chi connectivity index (χ0n) is 41.0. The number of phosphoric ester groups is 3. The van der Waals surface area contributed by atoms with Crippen LogP contribution in [0.5, 0.6) is 0 Å². The van der Waals surface area contributed by atoms with E-state index in [0.29, 0.717) is 6.42 Å². The fourth-order valence-electron chi connectivity index (χ4n) is 7.97. The van der Waals surface area contributed by atoms with Crippen LogP contribution in [0.3, 0.4) is 0 Å². The Kier molecular flexibility index (Phi) is 21.3. The molecule has 3 heterocycles. The number of rotatable bonds is 31. The van der Waals surface area contributed by atoms with E-state index < -0.39 is 90.5 Å². The minimum Gasteiger partial charge on any atom is -0.481 e. The summed E-state index contributed by atoms with van der Waals surface area (Å²) >= 11 is 0. The molecule has 1 fully saturated rings. The average molecular weight is 1080 g/mol. The van der Waals surface area contributed by atoms with Crippen molar-refractivity contribution >= 4 is 64.0 Å². The van der Waals surface area contributed by atoms with E-state index in [1.54, 1.807) is 0 Å². The maximum Gasteiger partial charge on any atom is 0.481 e. The number of aliphatic hydroxyl groups is 2. The highest BCUT2D eigenvalue weighted by Gasteiger charge is 2.50. The van der Waals surface area contributed by atoms with Gasteiger partial charge in [-0.3, -0.25) is 37.3 Å². The van der Waals surface area contributed by atoms with Crippen LogP contribution < -0.4 is 16.4 Å². The number of hydrogen-bond acceptors (Lipinski definition) is 18. The molecule has 29 heteroatoms. The van der Waals surface area contributed by atoms with Gasteiger partial charge < -0.3 is 56.0 Å². The molecule has 404 valence electrons. The molecule has 4 rings (SSSR count). The van der Waals surface area contributed by atoms with Crippen LogP contribution >= 0.6 is 23.5 Å². The Bertz CT molecular complexity index is 2500. The predicted octanol–water partition coefficient (Wildman–Crippen LogP) is 3.63. The van der Waals surface area contributed by atoms with Crippen LogP contribution in [0.4, 0.5) is 5.82 Å². The number of hydrogen-bond donors (Lipinski definition) is 10. The molecule has 11 N–H and O–H groups in total. The minimum atomic E-state index is -5.60. The molecular formula is C43H68N7O19P3. The Hall–Kier alpha value is -4.10. The number of Topliss-reactive ketones (excluding diaryl/α,β-unsaturated/α-hetero) is 1. The Morgan fingerprint density at radius 3 is 2.07 bits per heavy atom. The van der Waals surface area contributed by atoms with E-state index in [-0.39, 0.29) is 65.9 Å². The SMILES string of the molecule is CC(C)(CCCc1cccc(CCCC(C)(C)CC(=O)CCNC(=O)CCNC(=O)C(O)C(C)(C)COP(=O)(O)OP(=O)(O)OCC2OC(n3cnc4c(N)ncnc43)C(O)C2OP(=O)(O)O)c1)CC(=O)O. The van der Waals surface area contributed by atoms with E-state index in [1.807, 2.05) is 33.8 Å². The number of amides is 2. The Balaban J connectivity index is 1.14. The second-order valence-corrected chi connectivity index (χ2v) is 24.2. The number of carbonyl (C=O) groups excluding carboxylic acids is 3. The molecule has 0 bridgehead atoms. The van der Waals surface area contributed by atoms with Crippen molar-refractivity contribution in [2.24, 2.45) is 16.2 Å². The van der Waals surface area contributed by atoms with Crippen LogP contribution in [0.1, 0.15) is 110 Å². The molecule has 3 aromatic rings. The van der Waals surface area contributed by atoms with Crippen molar-refractivity contribution in [1.29, 1.82) is 0 Å². The Morgan fingerprint density at radius 1 is 0.861 bits per heavy atom. The van der Waals surface area contributed by atoms with Crippen LogP contribution in [-0.4, -0.2) is 129 Å². The molecule has 7 atom stereocenters. The van der Waals surface area contributed by atoms with Gasteiger partial charge in [0, 0.05) is 37.8 Å². The van der Waals surface area contributed by atoms with Crippen molar-refractivity contribution in [3.63, 3.8) is 0 Å². The molecule has 26 nitrogen and oxygen atoms in total. The van der Waals surface area contributed by atoms with Crippen molar-refractivity contribution in [2.75, 3.05) is 32.0 Å². The molecule has 2 aromatic heterocycles. The lowest BCUT2D eigenvalue weighted by Gasteiger charge is -2.30. The van der Waals surface area contributed by atoms with Gasteiger partial charge in [-0.25, -0.2) is 28.6 Å². The van der Waals surface area contributed by atoms with Crippen molar-refractivity contribution in [2.45, 2.75) is 136 Å². The number of anilines is 1. The molecule has 72 heavy (non-hydrogen) atoms. The normalized spacial score (nSPS) is 19.9. The fraction of sp³-hybridized carbons (Fsp3) is 0.651. The van der Waals surface area contributed by atoms with Gasteiger partial charge in [0.05, 0.1) is 26.0 Å². The number of nitrogens with zero attached hydrogens (tertiary/aromatic N) is 4. The number of benzene rings is 1. The van der Waals surface area contributed by atoms with E-state index in [2.05, 4.69) is 52.6 Å². The summed E-state index contributed by atoms with van der Waals surface area (Å²) in [5.74, 6) is -2.34. The van der Waals surface area contributed by atoms with Gasteiger partial charge in [-0.2, -0.15) is 4.31 Å². The van der Waals surface area contributed by atoms with E-state index in [4.69, 9.17) is 24.6 Å². The number of fused-ring (bicyclic) bond motifs is 1. The van der Waals surface area contributed by atoms with Crippen LogP contribution in [0.2, 0.25) is 0 Å². The molecule has 1 aliphatic rings. The van der Waals surface area contributed by atoms with Gasteiger partial charge in [0.1, 0.15) is 42.0 Å². The van der Waals surface area contributed by atoms with Gasteiger partial charge in [-0.1, -0.05) is 65.8 Å². The third kappa shape index (κ3) is 19.6. The van der Waals surface area contributed by atoms with Gasteiger partial charge >= 0.3 is 29.4 Å². The Morgan fingerprint density at radius 2 is 1.46 bits per heavy atom. The summed E-state index contributed by atoms with van der Waals surface area (Å²) in [4.78, 5) is 100. The maximum absolute atomic E-state index is 12.8. The van der Waals surface area contributed by atoms with Crippen LogP contribution in [-0.2, 0) is 68.3 Å². The molecule has 0 aliphatic carbocycles. The number of carboxylic acid groups (broad SMARTS) is 1. The van der Waals surface area contributed by atoms with Gasteiger partial charge in [-0.05, 0) is 60.5 Å². The topological polar surface area (TPSA) is 401 Å². The number of nitrogens with two attached hydrogens (primary N) is 1. The molecule has 2 amide bonds. The summed E-state index contributed by atoms with van der Waals surface area (Å²) in [5.41, 5.74) is 6.11. The number of ether oxygens (including phenoxy) is 1. The first-order chi connectivity index (χ1) is 33.3. The van der Waals surface area contributed by atoms with E-state index >= 15 is 0 Å². The number of aryl methyl sites for hydroxylation is 2. The second-order valence-electron chi connectivity index (χ2n) is 20.0. The zero-order chi connectivity index (χ0) is 53.9. The van der Waals surface area contributed by atoms with Crippen molar-refractivity contribution in [3.05, 3.63) is 48.0 Å². The molecule has 0 spiro atoms. The number of aliphatic carboxylic acids is 1. The monoisotopic (exact) mass is 1080 g/mol. The summed E-state index contributed by atoms with van der Waals surface area (Å²) in [5, 5.41) is 35.8. The number of aliphatic hydroxyl groups excluding tert-OH is 2. The molecule has 1 aromatic carbocycles. The highest BCUT2D eigenvalue weighted by atomic mass is 31.3. The average Bonchev–Trinajstić information content (AvgIpc) is 3.81. The molecule has 0 saturated carbocycles. The van der Waals surface area contributed by atoms with Crippen LogP contribution in [0.15, 0.2) is 36.9 Å². The molecule has 7 unspecified atom stereocenters. The van der Waals surface area contributed by atoms with Gasteiger partial charge in [-0.15, -0.1) is 0 Å². The summed E-state index contributed by atoms with van der Waals surface area (Å²) in [6.45, 7) is 8.27. The lowest BCUT2D eigenvalue weighted by atomic mass is 9.81. The molecular weight excluding hydrogens is 1010 g/mol. The first-order valence-corrected chi connectivity index (χ1v) is 27.5. The van der Waals surface area contributed by atoms with Gasteiger partial charge in [0.25, 0.3) is 0 Å². The third-order valence-corrected chi connectivity index (χ3v) is 14.8. The number of carboxylic acids is 1. The minimum absolute atomic E-state index is 0.0241. The van der Waals surface area contributed by atoms with Crippen molar-refractivity contribution in [1.82, 2.24) is 30.2 Å². The van der Waals surface area contributed by atoms with Crippen LogP contribution in [0, 0.1) is 16.2 Å². The van der Waals surface area contributed by atoms with Crippen molar-refractivity contribution < 1.29 is 90.4 Å². The lowest BCUT2D eigenvalue weighted by molar-refractivity contribution is -0.139. The highest BCUT2D eigenvalue weighted by Crippen LogP contribution is 2.61. The van der Waals surface area contributed by atoms with E-state index in [0.717, 1.165) is 55.7 Å². The zero-order valence-corrected chi connectivity index (χ0v) is 43.7. The van der Waals surface area contributed by atoms with Gasteiger partial charge in [0.2, 0.25) is 11.8 Å². The lowest BCUT2D eigenvalue weighted by Crippen LogP contribution is -2.46. The van der Waals surface area contributed by atoms with Gasteiger partial charge in [0.15, 0.2) is 17.7 Å². The van der Waals surface area contributed by atoms with Crippen molar-refractivity contribution in [3.8, 4) is 0 Å². The summed E-state index contributed by atoms with van der Waals surface area (Å²) < 4.78 is 62.6. The highest BCUT2D eigenvalue weighted by molar-refractivity contribution is 7.61. The number of nitrogen functional groups attached to an aromatic ring is 1. The fourth-order valence-corrected chi connectivity index (χ4v) is 10.8. The largest absolute Gasteiger partial charge is 0.481 e. The summed E-state index contributed by atoms with van der Waals surface area (Å²) in [6.07, 6.45) is -1.41. The third-order valence-electron chi connectivity index (χ3n) is 11.7. The molecule has 1 aliphatic heterocycles. The predicted molar refractivity (Wildman–Crippen MR) is 256 cm³/mol. The first-order valence-electron chi connectivity index (χ1n) is 23.0. The smallest absolute Gasteiger partial charge is 0.481 e. The number of carbonyl (C=O) groups is 4. The van der Waals surface area contributed by atoms with E-state index in [1.165, 1.54) is 25.0 Å². The standard InChI is InChI=1S/C43H68N7O19P3/c1-41(2,16-8-12-27-10-7-11-28(20-27)13-9-17-42(3,4)22-32(53)54)21-29(51)14-18-45-31(52)15-19-46-39(57)36(56)43(5,6)24-66-72(63,64)69-71(61,62)65-23-30-35(68-70(58,59)60)34(55)40(67-30)50-26-49-33-37(44)47-25-48-38(33)50/h7,10-11,20,25-26,30,34-36,40,55-56H,8-9,12-19,21-24H2,1-6H3,(H,45,52)(H,46,57)(H,53,54)(H,61,62)(H,63,64)(H2,44,47,48)(H2,58,59,60). The maximum atomic E-state index is 12.8. The second kappa shape index (κ2) is 25.4. The summed E-state index contributed by atoms with van der Waals surface area (Å²) in [6, 6.07) is 8.36. The Labute approximate surface area is 416 Å². The van der Waals surface area contributed by atoms with E-state index in [9.17, 15) is 62.7 Å². The summed E-state index contributed by atoms with van der Waals surface area (Å²) in [7, 11) is -16.5. The quantitative estimate of drug-likeness (QED) is 0.0411.